The monoisotopic (exact) mass is 157 g/mol. The Bertz CT molecular complexity index is 371. The third-order valence-electron chi connectivity index (χ3n) is 3.95. The molecule has 1 heterocycles. The lowest BCUT2D eigenvalue weighted by Gasteiger charge is -2.36. The maximum atomic E-state index is 3.64. The molecule has 1 nitrogen and oxygen atoms in total. The summed E-state index contributed by atoms with van der Waals surface area (Å²) in [6, 6.07) is 9.76. The summed E-state index contributed by atoms with van der Waals surface area (Å²) < 4.78 is 0. The van der Waals surface area contributed by atoms with E-state index in [1.165, 1.54) is 12.8 Å². The van der Waals surface area contributed by atoms with Crippen LogP contribution in [0.4, 0.5) is 0 Å². The van der Waals surface area contributed by atoms with Gasteiger partial charge in [-0.2, -0.15) is 0 Å². The molecule has 0 radical (unpaired) electrons. The zero-order valence-electron chi connectivity index (χ0n) is 6.88. The molecule has 60 valence electrons. The molecule has 2 aliphatic carbocycles. The van der Waals surface area contributed by atoms with E-state index >= 15 is 0 Å². The van der Waals surface area contributed by atoms with Crippen LogP contribution in [0.2, 0.25) is 0 Å². The fourth-order valence-electron chi connectivity index (χ4n) is 3.40. The molecule has 3 atom stereocenters. The first-order chi connectivity index (χ1) is 5.93. The highest BCUT2D eigenvalue weighted by Crippen LogP contribution is 2.66. The van der Waals surface area contributed by atoms with Gasteiger partial charge in [-0.25, -0.2) is 0 Å². The Labute approximate surface area is 71.8 Å². The summed E-state index contributed by atoms with van der Waals surface area (Å²) in [5.74, 6) is 0.860. The van der Waals surface area contributed by atoms with Crippen LogP contribution in [0.5, 0.6) is 0 Å². The minimum absolute atomic E-state index is 0.483. The molecule has 1 aromatic rings. The van der Waals surface area contributed by atoms with Crippen LogP contribution < -0.4 is 5.32 Å². The second kappa shape index (κ2) is 1.47. The summed E-state index contributed by atoms with van der Waals surface area (Å²) in [6.07, 6.45) is 2.80. The van der Waals surface area contributed by atoms with Crippen LogP contribution in [0.15, 0.2) is 24.3 Å². The summed E-state index contributed by atoms with van der Waals surface area (Å²) in [5.41, 5.74) is 3.69. The van der Waals surface area contributed by atoms with Crippen molar-refractivity contribution in [3.8, 4) is 0 Å². The molecule has 1 spiro atoms. The molecule has 1 N–H and O–H groups in total. The van der Waals surface area contributed by atoms with E-state index in [-0.39, 0.29) is 0 Å². The van der Waals surface area contributed by atoms with Crippen LogP contribution >= 0.6 is 0 Å². The zero-order chi connectivity index (χ0) is 7.76. The molecule has 0 aromatic heterocycles. The highest BCUT2D eigenvalue weighted by atomic mass is 15.3. The lowest BCUT2D eigenvalue weighted by molar-refractivity contribution is 0.457. The second-order valence-electron chi connectivity index (χ2n) is 4.28. The van der Waals surface area contributed by atoms with E-state index in [2.05, 4.69) is 29.6 Å². The van der Waals surface area contributed by atoms with E-state index in [9.17, 15) is 0 Å². The quantitative estimate of drug-likeness (QED) is 0.569. The first-order valence-electron chi connectivity index (χ1n) is 4.80. The molecule has 12 heavy (non-hydrogen) atoms. The molecule has 1 saturated carbocycles. The number of nitrogens with one attached hydrogen (secondary N) is 1. The average molecular weight is 157 g/mol. The summed E-state index contributed by atoms with van der Waals surface area (Å²) in [4.78, 5) is 0. The van der Waals surface area contributed by atoms with Crippen molar-refractivity contribution in [2.45, 2.75) is 30.3 Å². The van der Waals surface area contributed by atoms with E-state index in [1.54, 1.807) is 11.1 Å². The summed E-state index contributed by atoms with van der Waals surface area (Å²) >= 11 is 0. The normalized spacial score (nSPS) is 45.7. The highest BCUT2D eigenvalue weighted by Gasteiger charge is 2.70. The van der Waals surface area contributed by atoms with Crippen molar-refractivity contribution < 1.29 is 0 Å². The Morgan fingerprint density at radius 2 is 2.17 bits per heavy atom. The summed E-state index contributed by atoms with van der Waals surface area (Å²) in [6.45, 7) is 0. The van der Waals surface area contributed by atoms with Crippen LogP contribution in [0.25, 0.3) is 0 Å². The van der Waals surface area contributed by atoms with Gasteiger partial charge in [0, 0.05) is 12.0 Å². The van der Waals surface area contributed by atoms with Crippen LogP contribution in [0.1, 0.15) is 29.9 Å². The fraction of sp³-hybridized carbons (Fsp3) is 0.455. The number of piperidine rings is 1. The van der Waals surface area contributed by atoms with Gasteiger partial charge in [0.25, 0.3) is 0 Å². The van der Waals surface area contributed by atoms with Crippen LogP contribution in [-0.4, -0.2) is 6.04 Å². The number of fused-ring (bicyclic) bond motifs is 2. The van der Waals surface area contributed by atoms with Crippen molar-refractivity contribution in [2.75, 3.05) is 0 Å². The van der Waals surface area contributed by atoms with Gasteiger partial charge in [-0.3, -0.25) is 0 Å². The number of benzene rings is 1. The smallest absolute Gasteiger partial charge is 0.0665 e. The van der Waals surface area contributed by atoms with Gasteiger partial charge in [-0.05, 0) is 24.0 Å². The molecule has 1 aliphatic heterocycles. The maximum absolute atomic E-state index is 3.64. The highest BCUT2D eigenvalue weighted by molar-refractivity contribution is 5.57. The zero-order valence-corrected chi connectivity index (χ0v) is 6.88. The molecular formula is C11H11N. The lowest BCUT2D eigenvalue weighted by Crippen LogP contribution is -2.33. The first kappa shape index (κ1) is 5.76. The molecule has 3 unspecified atom stereocenters. The van der Waals surface area contributed by atoms with Crippen LogP contribution in [-0.2, 0) is 5.54 Å². The number of rotatable bonds is 0. The van der Waals surface area contributed by atoms with Gasteiger partial charge in [0.1, 0.15) is 0 Å². The van der Waals surface area contributed by atoms with Gasteiger partial charge in [-0.1, -0.05) is 24.3 Å². The molecule has 4 rings (SSSR count). The van der Waals surface area contributed by atoms with Crippen molar-refractivity contribution in [2.24, 2.45) is 0 Å². The SMILES string of the molecule is c1ccc2c(c1)C1CCC3NC231. The molecule has 1 heteroatoms. The van der Waals surface area contributed by atoms with Gasteiger partial charge in [0.15, 0.2) is 0 Å². The van der Waals surface area contributed by atoms with Gasteiger partial charge < -0.3 is 5.32 Å². The fourth-order valence-corrected chi connectivity index (χ4v) is 3.40. The predicted molar refractivity (Wildman–Crippen MR) is 47.0 cm³/mol. The summed E-state index contributed by atoms with van der Waals surface area (Å²) in [5, 5.41) is 3.64. The van der Waals surface area contributed by atoms with Gasteiger partial charge >= 0.3 is 0 Å². The van der Waals surface area contributed by atoms with Gasteiger partial charge in [0.2, 0.25) is 0 Å². The molecule has 0 amide bonds. The van der Waals surface area contributed by atoms with E-state index in [1.807, 2.05) is 0 Å². The third-order valence-corrected chi connectivity index (χ3v) is 3.95. The molecule has 1 aromatic carbocycles. The minimum atomic E-state index is 0.483. The van der Waals surface area contributed by atoms with Crippen molar-refractivity contribution in [3.63, 3.8) is 0 Å². The first-order valence-corrected chi connectivity index (χ1v) is 4.80. The number of hydrogen-bond donors (Lipinski definition) is 1. The largest absolute Gasteiger partial charge is 0.301 e. The topological polar surface area (TPSA) is 21.9 Å². The molecule has 2 fully saturated rings. The standard InChI is InChI=1S/C11H11N/c1-2-4-8-7(3-1)9-5-6-10-11(8,9)12-10/h1-4,9-10,12H,5-6H2. The van der Waals surface area contributed by atoms with Gasteiger partial charge in [-0.15, -0.1) is 0 Å². The minimum Gasteiger partial charge on any atom is -0.301 e. The van der Waals surface area contributed by atoms with Crippen molar-refractivity contribution in [1.29, 1.82) is 0 Å². The van der Waals surface area contributed by atoms with Crippen LogP contribution in [0.3, 0.4) is 0 Å². The Morgan fingerprint density at radius 1 is 1.25 bits per heavy atom. The van der Waals surface area contributed by atoms with E-state index in [0.29, 0.717) is 5.54 Å². The Morgan fingerprint density at radius 3 is 3.08 bits per heavy atom. The molecule has 1 saturated heterocycles. The molecule has 3 aliphatic rings. The Kier molecular flexibility index (Phi) is 0.705. The lowest BCUT2D eigenvalue weighted by atomic mass is 9.68. The number of hydrogen-bond acceptors (Lipinski definition) is 1. The summed E-state index contributed by atoms with van der Waals surface area (Å²) in [7, 11) is 0. The van der Waals surface area contributed by atoms with E-state index in [0.717, 1.165) is 12.0 Å². The maximum Gasteiger partial charge on any atom is 0.0665 e. The third kappa shape index (κ3) is 0.380. The van der Waals surface area contributed by atoms with Crippen molar-refractivity contribution in [3.05, 3.63) is 35.4 Å². The van der Waals surface area contributed by atoms with Crippen molar-refractivity contribution >= 4 is 0 Å². The second-order valence-corrected chi connectivity index (χ2v) is 4.28. The Balaban J connectivity index is 2.01. The molecular weight excluding hydrogens is 146 g/mol. The Hall–Kier alpha value is -0.820. The van der Waals surface area contributed by atoms with E-state index < -0.39 is 0 Å². The van der Waals surface area contributed by atoms with Crippen LogP contribution in [0, 0.1) is 0 Å². The average Bonchev–Trinajstić information content (AvgIpc) is 2.77. The van der Waals surface area contributed by atoms with E-state index in [4.69, 9.17) is 0 Å². The predicted octanol–water partition coefficient (Wildman–Crippen LogP) is 1.74. The van der Waals surface area contributed by atoms with Gasteiger partial charge in [0.05, 0.1) is 5.54 Å². The van der Waals surface area contributed by atoms with Crippen molar-refractivity contribution in [1.82, 2.24) is 5.32 Å². The molecule has 0 bridgehead atoms.